The van der Waals surface area contributed by atoms with Crippen molar-refractivity contribution in [3.8, 4) is 0 Å². The average molecular weight is 146 g/mol. The van der Waals surface area contributed by atoms with Gasteiger partial charge in [-0.25, -0.2) is 0 Å². The van der Waals surface area contributed by atoms with Gasteiger partial charge in [0.25, 0.3) is 0 Å². The lowest BCUT2D eigenvalue weighted by molar-refractivity contribution is -0.0856. The summed E-state index contributed by atoms with van der Waals surface area (Å²) >= 11 is 0. The Hall–Kier alpha value is -0.340. The van der Waals surface area contributed by atoms with Gasteiger partial charge in [0.15, 0.2) is 6.29 Å². The Morgan fingerprint density at radius 2 is 2.00 bits per heavy atom. The number of aliphatic hydroxyl groups is 1. The van der Waals surface area contributed by atoms with Gasteiger partial charge < -0.3 is 9.84 Å². The Kier molecular flexibility index (Phi) is 14.1. The number of hydrogen-bond donors (Lipinski definition) is 1. The van der Waals surface area contributed by atoms with Crippen LogP contribution in [0.4, 0.5) is 0 Å². The number of hydrogen-bond acceptors (Lipinski definition) is 2. The second kappa shape index (κ2) is 11.5. The summed E-state index contributed by atoms with van der Waals surface area (Å²) in [7, 11) is 0. The van der Waals surface area contributed by atoms with Crippen molar-refractivity contribution in [2.24, 2.45) is 0 Å². The molecular weight excluding hydrogens is 128 g/mol. The molecular formula is C8H18O2. The zero-order valence-corrected chi connectivity index (χ0v) is 6.97. The van der Waals surface area contributed by atoms with Gasteiger partial charge in [-0.2, -0.15) is 0 Å². The van der Waals surface area contributed by atoms with Crippen LogP contribution in [0.1, 0.15) is 26.7 Å². The molecule has 1 unspecified atom stereocenters. The van der Waals surface area contributed by atoms with Crippen LogP contribution < -0.4 is 0 Å². The molecule has 0 bridgehead atoms. The summed E-state index contributed by atoms with van der Waals surface area (Å²) in [6.45, 7) is 10.4. The zero-order valence-electron chi connectivity index (χ0n) is 6.97. The van der Waals surface area contributed by atoms with Crippen molar-refractivity contribution in [2.75, 3.05) is 6.61 Å². The van der Waals surface area contributed by atoms with E-state index in [1.165, 1.54) is 0 Å². The number of aliphatic hydroxyl groups excluding tert-OH is 1. The van der Waals surface area contributed by atoms with E-state index in [1.807, 2.05) is 0 Å². The molecule has 0 aliphatic heterocycles. The van der Waals surface area contributed by atoms with Crippen LogP contribution >= 0.6 is 0 Å². The fourth-order valence-corrected chi connectivity index (χ4v) is 0.398. The minimum Gasteiger partial charge on any atom is -0.368 e. The molecule has 10 heavy (non-hydrogen) atoms. The highest BCUT2D eigenvalue weighted by atomic mass is 16.6. The first-order valence-corrected chi connectivity index (χ1v) is 3.57. The van der Waals surface area contributed by atoms with Crippen molar-refractivity contribution in [3.63, 3.8) is 0 Å². The topological polar surface area (TPSA) is 29.5 Å². The van der Waals surface area contributed by atoms with Gasteiger partial charge in [0, 0.05) is 6.61 Å². The summed E-state index contributed by atoms with van der Waals surface area (Å²) in [5.74, 6) is 0. The normalized spacial score (nSPS) is 11.5. The molecule has 0 aliphatic carbocycles. The Morgan fingerprint density at radius 1 is 1.50 bits per heavy atom. The van der Waals surface area contributed by atoms with E-state index in [0.717, 1.165) is 12.8 Å². The maximum absolute atomic E-state index is 8.56. The van der Waals surface area contributed by atoms with Gasteiger partial charge in [-0.05, 0) is 13.3 Å². The van der Waals surface area contributed by atoms with Gasteiger partial charge in [-0.15, -0.1) is 13.2 Å². The lowest BCUT2D eigenvalue weighted by Gasteiger charge is -2.03. The fraction of sp³-hybridized carbons (Fsp3) is 0.750. The third-order valence-corrected chi connectivity index (χ3v) is 0.857. The lowest BCUT2D eigenvalue weighted by Crippen LogP contribution is -2.06. The van der Waals surface area contributed by atoms with E-state index in [0.29, 0.717) is 6.61 Å². The Bertz CT molecular complexity index is 53.2. The van der Waals surface area contributed by atoms with Gasteiger partial charge >= 0.3 is 0 Å². The third-order valence-electron chi connectivity index (χ3n) is 0.857. The predicted molar refractivity (Wildman–Crippen MR) is 43.8 cm³/mol. The Balaban J connectivity index is 0. The largest absolute Gasteiger partial charge is 0.368 e. The quantitative estimate of drug-likeness (QED) is 0.373. The van der Waals surface area contributed by atoms with Crippen LogP contribution in [0.3, 0.4) is 0 Å². The molecule has 1 N–H and O–H groups in total. The first-order chi connectivity index (χ1) is 4.77. The van der Waals surface area contributed by atoms with E-state index in [9.17, 15) is 0 Å². The molecule has 0 spiro atoms. The maximum atomic E-state index is 8.56. The highest BCUT2D eigenvalue weighted by molar-refractivity contribution is 4.31. The molecule has 0 radical (unpaired) electrons. The summed E-state index contributed by atoms with van der Waals surface area (Å²) < 4.78 is 4.84. The summed E-state index contributed by atoms with van der Waals surface area (Å²) in [4.78, 5) is 0. The molecule has 0 aliphatic rings. The van der Waals surface area contributed by atoms with Crippen LogP contribution in [-0.2, 0) is 4.74 Å². The van der Waals surface area contributed by atoms with E-state index in [-0.39, 0.29) is 0 Å². The van der Waals surface area contributed by atoms with E-state index >= 15 is 0 Å². The number of rotatable bonds is 4. The van der Waals surface area contributed by atoms with Crippen molar-refractivity contribution in [1.82, 2.24) is 0 Å². The van der Waals surface area contributed by atoms with Gasteiger partial charge in [0.1, 0.15) is 0 Å². The Labute approximate surface area is 63.5 Å². The fourth-order valence-electron chi connectivity index (χ4n) is 0.398. The molecule has 0 aromatic carbocycles. The van der Waals surface area contributed by atoms with Crippen LogP contribution in [0, 0.1) is 0 Å². The smallest absolute Gasteiger partial charge is 0.151 e. The van der Waals surface area contributed by atoms with Gasteiger partial charge in [-0.1, -0.05) is 13.3 Å². The lowest BCUT2D eigenvalue weighted by atomic mass is 10.4. The van der Waals surface area contributed by atoms with Crippen LogP contribution in [0.5, 0.6) is 0 Å². The SMILES string of the molecule is C=C.CCCCOC(C)O. The second-order valence-electron chi connectivity index (χ2n) is 1.82. The van der Waals surface area contributed by atoms with Crippen LogP contribution in [-0.4, -0.2) is 18.0 Å². The van der Waals surface area contributed by atoms with E-state index in [4.69, 9.17) is 9.84 Å². The van der Waals surface area contributed by atoms with Gasteiger partial charge in [0.2, 0.25) is 0 Å². The Morgan fingerprint density at radius 3 is 2.30 bits per heavy atom. The average Bonchev–Trinajstić information content (AvgIpc) is 1.92. The summed E-state index contributed by atoms with van der Waals surface area (Å²) in [6.07, 6.45) is 1.55. The molecule has 0 fully saturated rings. The summed E-state index contributed by atoms with van der Waals surface area (Å²) in [5.41, 5.74) is 0. The molecule has 2 nitrogen and oxygen atoms in total. The van der Waals surface area contributed by atoms with Crippen molar-refractivity contribution in [1.29, 1.82) is 0 Å². The highest BCUT2D eigenvalue weighted by Gasteiger charge is 1.90. The molecule has 0 aromatic rings. The number of unbranched alkanes of at least 4 members (excludes halogenated alkanes) is 1. The first kappa shape index (κ1) is 12.3. The predicted octanol–water partition coefficient (Wildman–Crippen LogP) is 1.94. The third kappa shape index (κ3) is 15.6. The molecule has 0 rings (SSSR count). The molecule has 0 heterocycles. The minimum absolute atomic E-state index is 0.596. The molecule has 1 atom stereocenters. The van der Waals surface area contributed by atoms with E-state index < -0.39 is 6.29 Å². The van der Waals surface area contributed by atoms with E-state index in [2.05, 4.69) is 20.1 Å². The molecule has 62 valence electrons. The highest BCUT2D eigenvalue weighted by Crippen LogP contribution is 1.90. The molecule has 0 saturated heterocycles. The van der Waals surface area contributed by atoms with Crippen molar-refractivity contribution in [2.45, 2.75) is 33.0 Å². The standard InChI is InChI=1S/C6H14O2.C2H4/c1-3-4-5-8-6(2)7;1-2/h6-7H,3-5H2,1-2H3;1-2H2. The van der Waals surface area contributed by atoms with Crippen molar-refractivity contribution < 1.29 is 9.84 Å². The minimum atomic E-state index is -0.596. The van der Waals surface area contributed by atoms with E-state index in [1.54, 1.807) is 6.92 Å². The monoisotopic (exact) mass is 146 g/mol. The zero-order chi connectivity index (χ0) is 8.41. The van der Waals surface area contributed by atoms with Crippen LogP contribution in [0.25, 0.3) is 0 Å². The maximum Gasteiger partial charge on any atom is 0.151 e. The van der Waals surface area contributed by atoms with Gasteiger partial charge in [-0.3, -0.25) is 0 Å². The van der Waals surface area contributed by atoms with Crippen molar-refractivity contribution in [3.05, 3.63) is 13.2 Å². The summed E-state index contributed by atoms with van der Waals surface area (Å²) in [5, 5.41) is 8.56. The molecule has 0 aromatic heterocycles. The second-order valence-corrected chi connectivity index (χ2v) is 1.82. The van der Waals surface area contributed by atoms with Crippen molar-refractivity contribution >= 4 is 0 Å². The number of ether oxygens (including phenoxy) is 1. The molecule has 0 amide bonds. The summed E-state index contributed by atoms with van der Waals surface area (Å²) in [6, 6.07) is 0. The van der Waals surface area contributed by atoms with Gasteiger partial charge in [0.05, 0.1) is 0 Å². The molecule has 2 heteroatoms. The van der Waals surface area contributed by atoms with Crippen LogP contribution in [0.15, 0.2) is 13.2 Å². The molecule has 0 saturated carbocycles. The van der Waals surface area contributed by atoms with Crippen LogP contribution in [0.2, 0.25) is 0 Å². The first-order valence-electron chi connectivity index (χ1n) is 3.57.